The van der Waals surface area contributed by atoms with Crippen LogP contribution >= 0.6 is 0 Å². The van der Waals surface area contributed by atoms with E-state index in [1.807, 2.05) is 0 Å². The first-order valence-electron chi connectivity index (χ1n) is 5.25. The van der Waals surface area contributed by atoms with E-state index in [1.165, 1.54) is 36.4 Å². The highest BCUT2D eigenvalue weighted by molar-refractivity contribution is 7.91. The van der Waals surface area contributed by atoms with Crippen molar-refractivity contribution in [2.75, 3.05) is 11.5 Å². The lowest BCUT2D eigenvalue weighted by Gasteiger charge is -2.10. The molecule has 7 heteroatoms. The molecule has 6 N–H and O–H groups in total. The Bertz CT molecular complexity index is 724. The van der Waals surface area contributed by atoms with Crippen molar-refractivity contribution in [1.82, 2.24) is 0 Å². The first-order chi connectivity index (χ1) is 8.84. The number of sulfone groups is 1. The van der Waals surface area contributed by atoms with Crippen molar-refractivity contribution < 1.29 is 18.6 Å². The Morgan fingerprint density at radius 3 is 2.00 bits per heavy atom. The number of nitrogens with two attached hydrogens (primary N) is 2. The molecule has 0 saturated carbocycles. The van der Waals surface area contributed by atoms with E-state index in [4.69, 9.17) is 16.6 Å². The highest BCUT2D eigenvalue weighted by atomic mass is 32.2. The number of anilines is 2. The number of hydrogen-bond donors (Lipinski definition) is 4. The Hall–Kier alpha value is -2.41. The van der Waals surface area contributed by atoms with Gasteiger partial charge in [-0.15, -0.1) is 0 Å². The summed E-state index contributed by atoms with van der Waals surface area (Å²) in [6.07, 6.45) is 0. The van der Waals surface area contributed by atoms with Gasteiger partial charge in [0.1, 0.15) is 11.5 Å². The van der Waals surface area contributed by atoms with E-state index in [0.29, 0.717) is 0 Å². The summed E-state index contributed by atoms with van der Waals surface area (Å²) in [5, 5.41) is 18.5. The van der Waals surface area contributed by atoms with Crippen molar-refractivity contribution in [1.29, 1.82) is 0 Å². The quantitative estimate of drug-likeness (QED) is 0.482. The molecule has 6 nitrogen and oxygen atoms in total. The van der Waals surface area contributed by atoms with Crippen LogP contribution in [0, 0.1) is 0 Å². The third-order valence-electron chi connectivity index (χ3n) is 2.66. The van der Waals surface area contributed by atoms with Crippen LogP contribution in [0.15, 0.2) is 46.2 Å². The van der Waals surface area contributed by atoms with Gasteiger partial charge in [-0.2, -0.15) is 0 Å². The molecule has 100 valence electrons. The van der Waals surface area contributed by atoms with Crippen molar-refractivity contribution in [2.24, 2.45) is 0 Å². The molecule has 0 unspecified atom stereocenters. The van der Waals surface area contributed by atoms with Crippen LogP contribution in [0.2, 0.25) is 0 Å². The minimum atomic E-state index is -3.85. The summed E-state index contributed by atoms with van der Waals surface area (Å²) in [5.41, 5.74) is 10.7. The van der Waals surface area contributed by atoms with Gasteiger partial charge in [0, 0.05) is 0 Å². The fourth-order valence-electron chi connectivity index (χ4n) is 1.59. The van der Waals surface area contributed by atoms with Gasteiger partial charge in [0.2, 0.25) is 9.84 Å². The highest BCUT2D eigenvalue weighted by Gasteiger charge is 2.22. The zero-order chi connectivity index (χ0) is 14.2. The molecule has 0 atom stereocenters. The maximum Gasteiger partial charge on any atom is 0.208 e. The summed E-state index contributed by atoms with van der Waals surface area (Å²) in [4.78, 5) is -0.212. The number of hydrogen-bond acceptors (Lipinski definition) is 6. The molecule has 0 aliphatic rings. The van der Waals surface area contributed by atoms with Gasteiger partial charge in [0.15, 0.2) is 0 Å². The third-order valence-corrected chi connectivity index (χ3v) is 4.49. The molecule has 2 aromatic rings. The number of nitrogen functional groups attached to an aromatic ring is 2. The van der Waals surface area contributed by atoms with Crippen molar-refractivity contribution in [3.05, 3.63) is 36.4 Å². The molecule has 2 rings (SSSR count). The predicted octanol–water partition coefficient (Wildman–Crippen LogP) is 1.10. The van der Waals surface area contributed by atoms with Crippen molar-refractivity contribution in [3.8, 4) is 11.5 Å². The topological polar surface area (TPSA) is 127 Å². The van der Waals surface area contributed by atoms with Gasteiger partial charge < -0.3 is 21.7 Å². The Balaban J connectivity index is 2.64. The van der Waals surface area contributed by atoms with Crippen LogP contribution in [-0.4, -0.2) is 18.6 Å². The first kappa shape index (κ1) is 13.0. The van der Waals surface area contributed by atoms with Crippen LogP contribution < -0.4 is 11.5 Å². The Labute approximate surface area is 109 Å². The Kier molecular flexibility index (Phi) is 2.99. The fourth-order valence-corrected chi connectivity index (χ4v) is 2.99. The number of phenolic OH excluding ortho intramolecular Hbond substituents is 2. The molecule has 0 radical (unpaired) electrons. The second-order valence-electron chi connectivity index (χ2n) is 3.91. The molecule has 0 amide bonds. The van der Waals surface area contributed by atoms with Crippen LogP contribution in [0.3, 0.4) is 0 Å². The molecule has 0 aromatic heterocycles. The zero-order valence-corrected chi connectivity index (χ0v) is 10.6. The zero-order valence-electron chi connectivity index (χ0n) is 9.74. The van der Waals surface area contributed by atoms with Gasteiger partial charge in [-0.05, 0) is 36.4 Å². The van der Waals surface area contributed by atoms with Gasteiger partial charge in [-0.3, -0.25) is 0 Å². The molecule has 0 heterocycles. The maximum atomic E-state index is 12.3. The van der Waals surface area contributed by atoms with Crippen molar-refractivity contribution >= 4 is 21.2 Å². The SMILES string of the molecule is Nc1c(O)ccc(S(=O)(=O)c2ccc(O)cc2)c1N. The summed E-state index contributed by atoms with van der Waals surface area (Å²) < 4.78 is 24.7. The molecule has 0 saturated heterocycles. The average molecular weight is 280 g/mol. The van der Waals surface area contributed by atoms with E-state index in [2.05, 4.69) is 0 Å². The van der Waals surface area contributed by atoms with Gasteiger partial charge >= 0.3 is 0 Å². The van der Waals surface area contributed by atoms with Crippen LogP contribution in [0.1, 0.15) is 0 Å². The number of benzene rings is 2. The second-order valence-corrected chi connectivity index (χ2v) is 5.83. The summed E-state index contributed by atoms with van der Waals surface area (Å²) in [6, 6.07) is 7.38. The van der Waals surface area contributed by atoms with E-state index in [0.717, 1.165) is 0 Å². The monoisotopic (exact) mass is 280 g/mol. The molecule has 0 bridgehead atoms. The molecule has 0 spiro atoms. The minimum Gasteiger partial charge on any atom is -0.508 e. The van der Waals surface area contributed by atoms with Crippen LogP contribution in [0.5, 0.6) is 11.5 Å². The highest BCUT2D eigenvalue weighted by Crippen LogP contribution is 2.35. The summed E-state index contributed by atoms with van der Waals surface area (Å²) in [6.45, 7) is 0. The molecule has 19 heavy (non-hydrogen) atoms. The maximum absolute atomic E-state index is 12.3. The van der Waals surface area contributed by atoms with Gasteiger partial charge in [-0.25, -0.2) is 8.42 Å². The molecular formula is C12H12N2O4S. The summed E-state index contributed by atoms with van der Waals surface area (Å²) >= 11 is 0. The largest absolute Gasteiger partial charge is 0.508 e. The van der Waals surface area contributed by atoms with Gasteiger partial charge in [-0.1, -0.05) is 0 Å². The van der Waals surface area contributed by atoms with Crippen LogP contribution in [0.4, 0.5) is 11.4 Å². The number of rotatable bonds is 2. The summed E-state index contributed by atoms with van der Waals surface area (Å²) in [7, 11) is -3.85. The van der Waals surface area contributed by atoms with Crippen LogP contribution in [0.25, 0.3) is 0 Å². The van der Waals surface area contributed by atoms with Crippen LogP contribution in [-0.2, 0) is 9.84 Å². The van der Waals surface area contributed by atoms with E-state index in [9.17, 15) is 13.5 Å². The normalized spacial score (nSPS) is 11.4. The minimum absolute atomic E-state index is 0.0258. The fraction of sp³-hybridized carbons (Fsp3) is 0. The average Bonchev–Trinajstić information content (AvgIpc) is 2.36. The molecule has 2 aromatic carbocycles. The Morgan fingerprint density at radius 2 is 1.42 bits per heavy atom. The van der Waals surface area contributed by atoms with E-state index in [-0.39, 0.29) is 32.7 Å². The smallest absolute Gasteiger partial charge is 0.208 e. The summed E-state index contributed by atoms with van der Waals surface area (Å²) in [5.74, 6) is -0.320. The molecule has 0 aliphatic heterocycles. The number of phenols is 2. The van der Waals surface area contributed by atoms with E-state index in [1.54, 1.807) is 0 Å². The third kappa shape index (κ3) is 2.15. The van der Waals surface area contributed by atoms with Crippen molar-refractivity contribution in [3.63, 3.8) is 0 Å². The molecule has 0 aliphatic carbocycles. The molecular weight excluding hydrogens is 268 g/mol. The molecule has 0 fully saturated rings. The predicted molar refractivity (Wildman–Crippen MR) is 70.5 cm³/mol. The lowest BCUT2D eigenvalue weighted by molar-refractivity contribution is 0.474. The van der Waals surface area contributed by atoms with Gasteiger partial charge in [0.25, 0.3) is 0 Å². The lowest BCUT2D eigenvalue weighted by atomic mass is 10.2. The number of aromatic hydroxyl groups is 2. The van der Waals surface area contributed by atoms with E-state index >= 15 is 0 Å². The standard InChI is InChI=1S/C12H12N2O4S/c13-11-9(16)5-6-10(12(11)14)19(17,18)8-3-1-7(15)2-4-8/h1-6,15-16H,13-14H2. The van der Waals surface area contributed by atoms with Gasteiger partial charge in [0.05, 0.1) is 21.2 Å². The van der Waals surface area contributed by atoms with Crippen molar-refractivity contribution in [2.45, 2.75) is 9.79 Å². The van der Waals surface area contributed by atoms with E-state index < -0.39 is 9.84 Å². The Morgan fingerprint density at radius 1 is 0.842 bits per heavy atom. The first-order valence-corrected chi connectivity index (χ1v) is 6.73. The lowest BCUT2D eigenvalue weighted by Crippen LogP contribution is -2.07. The second kappa shape index (κ2) is 4.36.